The van der Waals surface area contributed by atoms with E-state index in [0.29, 0.717) is 6.54 Å². The molecule has 1 fully saturated rings. The fourth-order valence-electron chi connectivity index (χ4n) is 3.55. The van der Waals surface area contributed by atoms with Gasteiger partial charge in [0.25, 0.3) is 5.91 Å². The second-order valence-electron chi connectivity index (χ2n) is 7.65. The molecule has 1 saturated heterocycles. The van der Waals surface area contributed by atoms with Crippen LogP contribution in [0.15, 0.2) is 48.5 Å². The average Bonchev–Trinajstić information content (AvgIpc) is 3.22. The van der Waals surface area contributed by atoms with Crippen molar-refractivity contribution in [2.75, 3.05) is 45.2 Å². The van der Waals surface area contributed by atoms with Crippen molar-refractivity contribution in [1.29, 1.82) is 0 Å². The molecule has 0 aliphatic carbocycles. The van der Waals surface area contributed by atoms with Gasteiger partial charge in [0.15, 0.2) is 6.61 Å². The molecule has 28 heavy (non-hydrogen) atoms. The molecule has 0 spiro atoms. The lowest BCUT2D eigenvalue weighted by Gasteiger charge is -2.28. The van der Waals surface area contributed by atoms with Crippen molar-refractivity contribution in [2.45, 2.75) is 25.8 Å². The molecule has 2 aromatic rings. The highest BCUT2D eigenvalue weighted by Gasteiger charge is 2.24. The van der Waals surface area contributed by atoms with Gasteiger partial charge in [0, 0.05) is 26.3 Å². The fraction of sp³-hybridized carbons (Fsp3) is 0.435. The van der Waals surface area contributed by atoms with Crippen LogP contribution in [-0.4, -0.2) is 51.1 Å². The topological polar surface area (TPSA) is 44.8 Å². The maximum Gasteiger partial charge on any atom is 0.258 e. The Kier molecular flexibility index (Phi) is 6.93. The summed E-state index contributed by atoms with van der Waals surface area (Å²) in [4.78, 5) is 16.9. The molecule has 0 radical (unpaired) electrons. The van der Waals surface area contributed by atoms with Gasteiger partial charge < -0.3 is 15.0 Å². The van der Waals surface area contributed by atoms with Crippen molar-refractivity contribution in [3.05, 3.63) is 59.7 Å². The van der Waals surface area contributed by atoms with Gasteiger partial charge in [0.05, 0.1) is 6.04 Å². The second kappa shape index (κ2) is 9.60. The Hall–Kier alpha value is -2.53. The Balaban J connectivity index is 1.58. The van der Waals surface area contributed by atoms with E-state index in [1.807, 2.05) is 45.3 Å². The van der Waals surface area contributed by atoms with Gasteiger partial charge in [-0.2, -0.15) is 0 Å². The summed E-state index contributed by atoms with van der Waals surface area (Å²) in [5.41, 5.74) is 3.59. The lowest BCUT2D eigenvalue weighted by Crippen LogP contribution is -2.38. The maximum absolute atomic E-state index is 12.3. The summed E-state index contributed by atoms with van der Waals surface area (Å²) >= 11 is 0. The molecule has 0 bridgehead atoms. The number of carbonyl (C=O) groups excluding carboxylic acids is 1. The number of nitrogens with one attached hydrogen (secondary N) is 1. The third-order valence-corrected chi connectivity index (χ3v) is 5.26. The van der Waals surface area contributed by atoms with Gasteiger partial charge in [-0.25, -0.2) is 0 Å². The Morgan fingerprint density at radius 1 is 1.07 bits per heavy atom. The predicted molar refractivity (Wildman–Crippen MR) is 114 cm³/mol. The number of likely N-dealkylation sites (tertiary alicyclic amines) is 1. The van der Waals surface area contributed by atoms with Gasteiger partial charge in [-0.05, 0) is 62.7 Å². The van der Waals surface area contributed by atoms with Crippen LogP contribution in [0.5, 0.6) is 5.75 Å². The first-order chi connectivity index (χ1) is 13.5. The summed E-state index contributed by atoms with van der Waals surface area (Å²) in [6.45, 7) is 4.82. The molecule has 1 N–H and O–H groups in total. The Bertz CT molecular complexity index is 750. The fourth-order valence-corrected chi connectivity index (χ4v) is 3.55. The van der Waals surface area contributed by atoms with Crippen molar-refractivity contribution >= 4 is 11.6 Å². The zero-order chi connectivity index (χ0) is 19.9. The SMILES string of the molecule is Cc1ccc(OCC(=O)NC[C@@H](c2ccc(N(C)C)cc2)N2CCCC2)cc1. The third kappa shape index (κ3) is 5.49. The normalized spacial score (nSPS) is 15.2. The monoisotopic (exact) mass is 381 g/mol. The van der Waals surface area contributed by atoms with E-state index in [1.165, 1.54) is 29.7 Å². The first-order valence-electron chi connectivity index (χ1n) is 10.0. The summed E-state index contributed by atoms with van der Waals surface area (Å²) < 4.78 is 5.60. The molecular weight excluding hydrogens is 350 g/mol. The number of amides is 1. The lowest BCUT2D eigenvalue weighted by molar-refractivity contribution is -0.123. The molecule has 150 valence electrons. The van der Waals surface area contributed by atoms with Crippen molar-refractivity contribution in [3.8, 4) is 5.75 Å². The van der Waals surface area contributed by atoms with E-state index in [4.69, 9.17) is 4.74 Å². The van der Waals surface area contributed by atoms with Crippen LogP contribution in [0.1, 0.15) is 30.0 Å². The summed E-state index contributed by atoms with van der Waals surface area (Å²) in [6.07, 6.45) is 2.44. The van der Waals surface area contributed by atoms with Crippen LogP contribution in [0.4, 0.5) is 5.69 Å². The summed E-state index contributed by atoms with van der Waals surface area (Å²) in [7, 11) is 4.09. The lowest BCUT2D eigenvalue weighted by atomic mass is 10.0. The van der Waals surface area contributed by atoms with Crippen LogP contribution in [-0.2, 0) is 4.79 Å². The summed E-state index contributed by atoms with van der Waals surface area (Å²) in [6, 6.07) is 16.6. The molecule has 5 nitrogen and oxygen atoms in total. The van der Waals surface area contributed by atoms with Crippen molar-refractivity contribution in [3.63, 3.8) is 0 Å². The molecule has 0 saturated carbocycles. The minimum absolute atomic E-state index is 0.0371. The largest absolute Gasteiger partial charge is 0.484 e. The molecule has 0 aromatic heterocycles. The Labute approximate surface area is 168 Å². The van der Waals surface area contributed by atoms with Crippen molar-refractivity contribution in [1.82, 2.24) is 10.2 Å². The van der Waals surface area contributed by atoms with Crippen LogP contribution >= 0.6 is 0 Å². The zero-order valence-electron chi connectivity index (χ0n) is 17.1. The third-order valence-electron chi connectivity index (χ3n) is 5.26. The number of hydrogen-bond donors (Lipinski definition) is 1. The van der Waals surface area contributed by atoms with E-state index in [9.17, 15) is 4.79 Å². The van der Waals surface area contributed by atoms with E-state index < -0.39 is 0 Å². The Morgan fingerprint density at radius 2 is 1.71 bits per heavy atom. The highest BCUT2D eigenvalue weighted by Crippen LogP contribution is 2.26. The van der Waals surface area contributed by atoms with Gasteiger partial charge in [-0.15, -0.1) is 0 Å². The number of benzene rings is 2. The number of hydrogen-bond acceptors (Lipinski definition) is 4. The smallest absolute Gasteiger partial charge is 0.258 e. The van der Waals surface area contributed by atoms with Crippen molar-refractivity contribution < 1.29 is 9.53 Å². The van der Waals surface area contributed by atoms with E-state index in [0.717, 1.165) is 18.8 Å². The Morgan fingerprint density at radius 3 is 2.32 bits per heavy atom. The number of carbonyl (C=O) groups is 1. The van der Waals surface area contributed by atoms with E-state index in [2.05, 4.69) is 39.4 Å². The summed E-state index contributed by atoms with van der Waals surface area (Å²) in [5.74, 6) is 0.630. The molecule has 1 atom stereocenters. The number of rotatable bonds is 8. The molecule has 1 amide bonds. The van der Waals surface area contributed by atoms with Gasteiger partial charge in [0.1, 0.15) is 5.75 Å². The summed E-state index contributed by atoms with van der Waals surface area (Å²) in [5, 5.41) is 3.06. The number of ether oxygens (including phenoxy) is 1. The minimum atomic E-state index is -0.0883. The van der Waals surface area contributed by atoms with E-state index in [1.54, 1.807) is 0 Å². The van der Waals surface area contributed by atoms with E-state index in [-0.39, 0.29) is 18.6 Å². The number of nitrogens with zero attached hydrogens (tertiary/aromatic N) is 2. The molecule has 1 aliphatic heterocycles. The van der Waals surface area contributed by atoms with Gasteiger partial charge in [-0.3, -0.25) is 9.69 Å². The van der Waals surface area contributed by atoms with Crippen LogP contribution in [0, 0.1) is 6.92 Å². The van der Waals surface area contributed by atoms with Crippen LogP contribution in [0.25, 0.3) is 0 Å². The molecule has 5 heteroatoms. The molecule has 2 aromatic carbocycles. The average molecular weight is 382 g/mol. The van der Waals surface area contributed by atoms with Gasteiger partial charge >= 0.3 is 0 Å². The first kappa shape index (κ1) is 20.2. The first-order valence-corrected chi connectivity index (χ1v) is 10.0. The van der Waals surface area contributed by atoms with E-state index >= 15 is 0 Å². The van der Waals surface area contributed by atoms with Crippen LogP contribution in [0.2, 0.25) is 0 Å². The van der Waals surface area contributed by atoms with Gasteiger partial charge in [0.2, 0.25) is 0 Å². The molecular formula is C23H31N3O2. The quantitative estimate of drug-likeness (QED) is 0.761. The standard InChI is InChI=1S/C23H31N3O2/c1-18-6-12-21(13-7-18)28-17-23(27)24-16-22(26-14-4-5-15-26)19-8-10-20(11-9-19)25(2)3/h6-13,22H,4-5,14-17H2,1-3H3,(H,24,27)/t22-/m0/s1. The van der Waals surface area contributed by atoms with Crippen molar-refractivity contribution in [2.24, 2.45) is 0 Å². The van der Waals surface area contributed by atoms with Crippen LogP contribution < -0.4 is 15.0 Å². The molecule has 1 aliphatic rings. The number of anilines is 1. The highest BCUT2D eigenvalue weighted by atomic mass is 16.5. The predicted octanol–water partition coefficient (Wildman–Crippen LogP) is 3.39. The molecule has 3 rings (SSSR count). The minimum Gasteiger partial charge on any atom is -0.484 e. The van der Waals surface area contributed by atoms with Gasteiger partial charge in [-0.1, -0.05) is 29.8 Å². The molecule has 1 heterocycles. The second-order valence-corrected chi connectivity index (χ2v) is 7.65. The highest BCUT2D eigenvalue weighted by molar-refractivity contribution is 5.77. The zero-order valence-corrected chi connectivity index (χ0v) is 17.1. The van der Waals surface area contributed by atoms with Crippen LogP contribution in [0.3, 0.4) is 0 Å². The maximum atomic E-state index is 12.3. The number of aryl methyl sites for hydroxylation is 1. The molecule has 0 unspecified atom stereocenters.